The molecule has 3 aromatic rings. The molecule has 4 N–H and O–H groups in total. The van der Waals surface area contributed by atoms with Crippen LogP contribution in [0, 0.1) is 6.92 Å². The lowest BCUT2D eigenvalue weighted by atomic mass is 10.1. The summed E-state index contributed by atoms with van der Waals surface area (Å²) in [6, 6.07) is 11.6. The van der Waals surface area contributed by atoms with Crippen molar-refractivity contribution in [3.05, 3.63) is 64.3 Å². The Labute approximate surface area is 176 Å². The van der Waals surface area contributed by atoms with Gasteiger partial charge < -0.3 is 16.4 Å². The molecule has 3 rings (SSSR count). The van der Waals surface area contributed by atoms with Gasteiger partial charge >= 0.3 is 0 Å². The van der Waals surface area contributed by atoms with Crippen molar-refractivity contribution in [1.29, 1.82) is 0 Å². The number of nitrogens with two attached hydrogens (primary N) is 1. The number of benzene rings is 2. The third-order valence-electron chi connectivity index (χ3n) is 4.05. The Bertz CT molecular complexity index is 1180. The lowest BCUT2D eigenvalue weighted by molar-refractivity contribution is 0.100. The first-order valence-electron chi connectivity index (χ1n) is 8.41. The van der Waals surface area contributed by atoms with Crippen molar-refractivity contribution in [2.24, 2.45) is 5.73 Å². The third kappa shape index (κ3) is 4.90. The fourth-order valence-electron chi connectivity index (χ4n) is 2.66. The molecule has 8 nitrogen and oxygen atoms in total. The molecule has 29 heavy (non-hydrogen) atoms. The largest absolute Gasteiger partial charge is 0.366 e. The summed E-state index contributed by atoms with van der Waals surface area (Å²) >= 11 is 3.39. The molecule has 0 fully saturated rings. The molecule has 0 unspecified atom stereocenters. The molecule has 0 bridgehead atoms. The van der Waals surface area contributed by atoms with Crippen LogP contribution < -0.4 is 16.4 Å². The molecule has 10 heteroatoms. The maximum Gasteiger partial charge on any atom is 0.251 e. The molecule has 0 saturated carbocycles. The second-order valence-electron chi connectivity index (χ2n) is 6.30. The molecule has 1 heterocycles. The average Bonchev–Trinajstić information content (AvgIpc) is 2.64. The van der Waals surface area contributed by atoms with Gasteiger partial charge in [-0.3, -0.25) is 4.79 Å². The Balaban J connectivity index is 1.88. The number of rotatable bonds is 6. The first kappa shape index (κ1) is 20.7. The molecule has 0 radical (unpaired) electrons. The van der Waals surface area contributed by atoms with Crippen LogP contribution >= 0.6 is 15.9 Å². The molecule has 150 valence electrons. The summed E-state index contributed by atoms with van der Waals surface area (Å²) in [5, 5.41) is 6.12. The minimum atomic E-state index is -3.27. The van der Waals surface area contributed by atoms with Crippen molar-refractivity contribution in [1.82, 2.24) is 9.97 Å². The number of nitrogens with one attached hydrogen (secondary N) is 2. The Kier molecular flexibility index (Phi) is 5.85. The molecule has 1 aromatic heterocycles. The molecule has 0 aliphatic heterocycles. The normalized spacial score (nSPS) is 11.1. The van der Waals surface area contributed by atoms with Crippen LogP contribution in [0.5, 0.6) is 0 Å². The molecular weight excluding hydrogens is 458 g/mol. The first-order valence-corrected chi connectivity index (χ1v) is 11.1. The van der Waals surface area contributed by atoms with Gasteiger partial charge in [0, 0.05) is 18.1 Å². The Hall–Kier alpha value is -2.98. The number of carbonyl (C=O) groups is 1. The molecule has 1 amide bonds. The van der Waals surface area contributed by atoms with Crippen molar-refractivity contribution >= 4 is 54.8 Å². The van der Waals surface area contributed by atoms with E-state index in [2.05, 4.69) is 36.5 Å². The Morgan fingerprint density at radius 2 is 1.79 bits per heavy atom. The molecule has 0 saturated heterocycles. The number of nitrogens with zero attached hydrogens (tertiary/aromatic N) is 2. The van der Waals surface area contributed by atoms with Crippen LogP contribution in [0.15, 0.2) is 58.0 Å². The highest BCUT2D eigenvalue weighted by Crippen LogP contribution is 2.28. The van der Waals surface area contributed by atoms with E-state index in [0.717, 1.165) is 11.8 Å². The quantitative estimate of drug-likeness (QED) is 0.497. The van der Waals surface area contributed by atoms with E-state index in [0.29, 0.717) is 27.2 Å². The summed E-state index contributed by atoms with van der Waals surface area (Å²) in [7, 11) is -3.27. The number of sulfone groups is 1. The minimum absolute atomic E-state index is 0.223. The molecule has 0 atom stereocenters. The van der Waals surface area contributed by atoms with Crippen LogP contribution in [0.1, 0.15) is 15.9 Å². The van der Waals surface area contributed by atoms with Gasteiger partial charge in [-0.05, 0) is 58.7 Å². The zero-order valence-corrected chi connectivity index (χ0v) is 18.0. The van der Waals surface area contributed by atoms with Gasteiger partial charge in [-0.15, -0.1) is 0 Å². The number of hydrogen-bond acceptors (Lipinski definition) is 7. The number of carbonyl (C=O) groups excluding carboxylic acids is 1. The number of aromatic nitrogens is 2. The van der Waals surface area contributed by atoms with Gasteiger partial charge in [0.1, 0.15) is 5.82 Å². The summed E-state index contributed by atoms with van der Waals surface area (Å²) in [4.78, 5) is 20.6. The predicted octanol–water partition coefficient (Wildman–Crippen LogP) is 3.54. The van der Waals surface area contributed by atoms with E-state index >= 15 is 0 Å². The number of amides is 1. The van der Waals surface area contributed by atoms with E-state index in [1.165, 1.54) is 12.1 Å². The van der Waals surface area contributed by atoms with Gasteiger partial charge in [0.15, 0.2) is 9.84 Å². The van der Waals surface area contributed by atoms with Crippen LogP contribution in [-0.4, -0.2) is 30.5 Å². The van der Waals surface area contributed by atoms with E-state index in [9.17, 15) is 13.2 Å². The molecule has 0 spiro atoms. The highest BCUT2D eigenvalue weighted by Gasteiger charge is 2.14. The zero-order chi connectivity index (χ0) is 21.2. The van der Waals surface area contributed by atoms with Gasteiger partial charge in [-0.1, -0.05) is 12.1 Å². The third-order valence-corrected chi connectivity index (χ3v) is 5.76. The molecule has 2 aromatic carbocycles. The highest BCUT2D eigenvalue weighted by atomic mass is 79.9. The van der Waals surface area contributed by atoms with Crippen molar-refractivity contribution in [3.63, 3.8) is 0 Å². The van der Waals surface area contributed by atoms with Crippen molar-refractivity contribution in [3.8, 4) is 0 Å². The molecule has 0 aliphatic carbocycles. The van der Waals surface area contributed by atoms with Crippen LogP contribution in [-0.2, 0) is 9.84 Å². The maximum atomic E-state index is 11.8. The highest BCUT2D eigenvalue weighted by molar-refractivity contribution is 9.10. The minimum Gasteiger partial charge on any atom is -0.366 e. The second-order valence-corrected chi connectivity index (χ2v) is 9.17. The number of halogens is 1. The van der Waals surface area contributed by atoms with E-state index in [1.807, 2.05) is 6.07 Å². The van der Waals surface area contributed by atoms with Crippen molar-refractivity contribution in [2.45, 2.75) is 11.8 Å². The van der Waals surface area contributed by atoms with Crippen LogP contribution in [0.4, 0.5) is 23.1 Å². The monoisotopic (exact) mass is 475 g/mol. The van der Waals surface area contributed by atoms with Crippen LogP contribution in [0.3, 0.4) is 0 Å². The molecular formula is C19H18BrN5O3S. The standard InChI is InChI=1S/C19H18BrN5O3S/c1-11-4-3-5-15(16(11)17(21)26)24-18-14(20)10-22-19(25-18)23-12-6-8-13(9-7-12)29(2,27)28/h3-10H,1-2H3,(H2,21,26)(H2,22,23,24,25). The van der Waals surface area contributed by atoms with Crippen molar-refractivity contribution in [2.75, 3.05) is 16.9 Å². The summed E-state index contributed by atoms with van der Waals surface area (Å²) in [5.41, 5.74) is 7.78. The van der Waals surface area contributed by atoms with E-state index < -0.39 is 15.7 Å². The fourth-order valence-corrected chi connectivity index (χ4v) is 3.58. The van der Waals surface area contributed by atoms with Crippen molar-refractivity contribution < 1.29 is 13.2 Å². The number of aryl methyl sites for hydroxylation is 1. The maximum absolute atomic E-state index is 11.8. The predicted molar refractivity (Wildman–Crippen MR) is 116 cm³/mol. The van der Waals surface area contributed by atoms with Crippen LogP contribution in [0.25, 0.3) is 0 Å². The Morgan fingerprint density at radius 3 is 2.41 bits per heavy atom. The SMILES string of the molecule is Cc1cccc(Nc2nc(Nc3ccc(S(C)(=O)=O)cc3)ncc2Br)c1C(N)=O. The van der Waals surface area contributed by atoms with Gasteiger partial charge in [0.05, 0.1) is 20.6 Å². The van der Waals surface area contributed by atoms with Gasteiger partial charge in [0.2, 0.25) is 5.95 Å². The zero-order valence-electron chi connectivity index (χ0n) is 15.6. The fraction of sp³-hybridized carbons (Fsp3) is 0.105. The number of primary amides is 1. The lowest BCUT2D eigenvalue weighted by Crippen LogP contribution is -2.15. The van der Waals surface area contributed by atoms with E-state index in [1.54, 1.807) is 37.4 Å². The van der Waals surface area contributed by atoms with Gasteiger partial charge in [0.25, 0.3) is 5.91 Å². The summed E-state index contributed by atoms with van der Waals surface area (Å²) in [6.45, 7) is 1.80. The first-order chi connectivity index (χ1) is 13.6. The number of anilines is 4. The average molecular weight is 476 g/mol. The molecule has 0 aliphatic rings. The van der Waals surface area contributed by atoms with Crippen LogP contribution in [0.2, 0.25) is 0 Å². The van der Waals surface area contributed by atoms with Gasteiger partial charge in [-0.25, -0.2) is 13.4 Å². The number of hydrogen-bond donors (Lipinski definition) is 3. The van der Waals surface area contributed by atoms with Gasteiger partial charge in [-0.2, -0.15) is 4.98 Å². The van der Waals surface area contributed by atoms with E-state index in [4.69, 9.17) is 5.73 Å². The smallest absolute Gasteiger partial charge is 0.251 e. The summed E-state index contributed by atoms with van der Waals surface area (Å²) in [5.74, 6) is 0.180. The lowest BCUT2D eigenvalue weighted by Gasteiger charge is -2.14. The summed E-state index contributed by atoms with van der Waals surface area (Å²) in [6.07, 6.45) is 2.71. The topological polar surface area (TPSA) is 127 Å². The Morgan fingerprint density at radius 1 is 1.10 bits per heavy atom. The van der Waals surface area contributed by atoms with E-state index in [-0.39, 0.29) is 10.8 Å². The summed E-state index contributed by atoms with van der Waals surface area (Å²) < 4.78 is 23.7. The second kappa shape index (κ2) is 8.18.